The van der Waals surface area contributed by atoms with Gasteiger partial charge in [0.15, 0.2) is 0 Å². The predicted octanol–water partition coefficient (Wildman–Crippen LogP) is 8.10. The maximum atomic E-state index is 2.33. The fourth-order valence-electron chi connectivity index (χ4n) is 4.81. The van der Waals surface area contributed by atoms with E-state index in [-0.39, 0.29) is 23.5 Å². The van der Waals surface area contributed by atoms with Crippen LogP contribution in [0.3, 0.4) is 0 Å². The minimum atomic E-state index is 0. The minimum absolute atomic E-state index is 0. The van der Waals surface area contributed by atoms with Gasteiger partial charge in [-0.2, -0.15) is 0 Å². The Hall–Kier alpha value is -0.780. The molecule has 2 fully saturated rings. The molecular weight excluding hydrogens is 391 g/mol. The molecule has 0 spiro atoms. The Bertz CT molecular complexity index is 444. The molecule has 0 aliphatic heterocycles. The second-order valence-electron chi connectivity index (χ2n) is 7.89. The van der Waals surface area contributed by atoms with E-state index in [0.29, 0.717) is 0 Å². The van der Waals surface area contributed by atoms with Crippen molar-refractivity contribution in [2.24, 2.45) is 17.8 Å². The van der Waals surface area contributed by atoms with E-state index >= 15 is 0 Å². The smallest absolute Gasteiger partial charge is 0.00946 e. The third-order valence-electron chi connectivity index (χ3n) is 6.29. The number of thioether (sulfide) groups is 1. The largest absolute Gasteiger partial charge is 0.269 e. The molecule has 0 atom stereocenters. The highest BCUT2D eigenvalue weighted by Crippen LogP contribution is 2.43. The van der Waals surface area contributed by atoms with Crippen molar-refractivity contribution in [2.75, 3.05) is 0 Å². The Morgan fingerprint density at radius 1 is 0.714 bits per heavy atom. The number of rotatable bonds is 6. The van der Waals surface area contributed by atoms with Gasteiger partial charge in [0, 0.05) is 10.1 Å². The second-order valence-corrected chi connectivity index (χ2v) is 9.26. The Morgan fingerprint density at radius 3 is 1.71 bits per heavy atom. The van der Waals surface area contributed by atoms with Gasteiger partial charge >= 0.3 is 0 Å². The van der Waals surface area contributed by atoms with Gasteiger partial charge in [0.1, 0.15) is 0 Å². The molecule has 0 unspecified atom stereocenters. The normalized spacial score (nSPS) is 26.2. The zero-order chi connectivity index (χ0) is 15.9. The Morgan fingerprint density at radius 2 is 1.21 bits per heavy atom. The van der Waals surface area contributed by atoms with Crippen LogP contribution < -0.4 is 0 Å². The summed E-state index contributed by atoms with van der Waals surface area (Å²) < 4.78 is 0. The monoisotopic (exact) mass is 430 g/mol. The fraction of sp³-hybridized carbons (Fsp3) is 0.727. The summed E-state index contributed by atoms with van der Waals surface area (Å²) in [5.74, 6) is 3.18. The highest BCUT2D eigenvalue weighted by atomic mass is 32.2. The zero-order valence-corrected chi connectivity index (χ0v) is 17.7. The molecule has 0 bridgehead atoms. The van der Waals surface area contributed by atoms with Crippen molar-refractivity contribution in [3.8, 4) is 0 Å². The minimum Gasteiger partial charge on any atom is -0.269 e. The first-order valence-electron chi connectivity index (χ1n) is 10.1. The summed E-state index contributed by atoms with van der Waals surface area (Å²) in [6.07, 6.45) is 16.4. The highest BCUT2D eigenvalue weighted by Gasteiger charge is 2.30. The number of halogens is 5. The Kier molecular flexibility index (Phi) is 19.5. The van der Waals surface area contributed by atoms with Crippen LogP contribution in [0.5, 0.6) is 0 Å². The molecule has 0 nitrogen and oxygen atoms in total. The fourth-order valence-corrected chi connectivity index (χ4v) is 6.02. The second kappa shape index (κ2) is 17.1. The van der Waals surface area contributed by atoms with Crippen molar-refractivity contribution in [2.45, 2.75) is 87.7 Å². The quantitative estimate of drug-likeness (QED) is 0.411. The van der Waals surface area contributed by atoms with Gasteiger partial charge in [-0.1, -0.05) is 57.2 Å². The third kappa shape index (κ3) is 9.62. The molecule has 2 saturated carbocycles. The molecule has 28 heavy (non-hydrogen) atoms. The lowest BCUT2D eigenvalue weighted by molar-refractivity contribution is 0.164. The van der Waals surface area contributed by atoms with Crippen LogP contribution in [-0.4, -0.2) is 5.25 Å². The van der Waals surface area contributed by atoms with Crippen LogP contribution in [0.1, 0.15) is 77.6 Å². The summed E-state index contributed by atoms with van der Waals surface area (Å²) in [7, 11) is 0. The van der Waals surface area contributed by atoms with Crippen LogP contribution in [0.25, 0.3) is 0 Å². The van der Waals surface area contributed by atoms with Crippen molar-refractivity contribution in [3.63, 3.8) is 0 Å². The highest BCUT2D eigenvalue weighted by molar-refractivity contribution is 8.00. The summed E-state index contributed by atoms with van der Waals surface area (Å²) in [4.78, 5) is 1.47. The lowest BCUT2D eigenvalue weighted by Crippen LogP contribution is -2.26. The number of benzene rings is 1. The average Bonchev–Trinajstić information content (AvgIpc) is 2.62. The van der Waals surface area contributed by atoms with Crippen LogP contribution in [0.2, 0.25) is 0 Å². The molecule has 168 valence electrons. The van der Waals surface area contributed by atoms with Crippen molar-refractivity contribution in [1.29, 1.82) is 0 Å². The summed E-state index contributed by atoms with van der Waals surface area (Å²) >= 11 is 2.12. The summed E-state index contributed by atoms with van der Waals surface area (Å²) in [6, 6.07) is 11.0. The van der Waals surface area contributed by atoms with Crippen LogP contribution in [0.4, 0.5) is 23.5 Å². The average molecular weight is 431 g/mol. The van der Waals surface area contributed by atoms with Gasteiger partial charge in [0.25, 0.3) is 0 Å². The van der Waals surface area contributed by atoms with Crippen LogP contribution in [-0.2, 0) is 0 Å². The van der Waals surface area contributed by atoms with Gasteiger partial charge in [-0.05, 0) is 68.4 Å². The third-order valence-corrected chi connectivity index (χ3v) is 7.64. The summed E-state index contributed by atoms with van der Waals surface area (Å²) in [6.45, 7) is 2.33. The van der Waals surface area contributed by atoms with Crippen molar-refractivity contribution in [3.05, 3.63) is 30.3 Å². The molecule has 1 aromatic carbocycles. The van der Waals surface area contributed by atoms with Gasteiger partial charge in [-0.15, -0.1) is 11.8 Å². The van der Waals surface area contributed by atoms with Gasteiger partial charge in [0.2, 0.25) is 0 Å². The van der Waals surface area contributed by atoms with Crippen molar-refractivity contribution >= 4 is 11.8 Å². The first kappa shape index (κ1) is 31.9. The molecule has 0 N–H and O–H groups in total. The molecule has 0 saturated heterocycles. The lowest BCUT2D eigenvalue weighted by Gasteiger charge is -2.37. The molecule has 2 aliphatic rings. The van der Waals surface area contributed by atoms with E-state index in [1.54, 1.807) is 0 Å². The maximum absolute atomic E-state index is 2.33. The van der Waals surface area contributed by atoms with E-state index in [1.165, 1.54) is 75.5 Å². The number of unbranched alkanes of at least 4 members (excludes halogenated alkanes) is 1. The number of hydrogen-bond acceptors (Lipinski definition) is 1. The molecule has 3 rings (SSSR count). The molecule has 0 aromatic heterocycles. The van der Waals surface area contributed by atoms with Crippen molar-refractivity contribution in [1.82, 2.24) is 0 Å². The molecule has 1 aromatic rings. The van der Waals surface area contributed by atoms with Gasteiger partial charge in [-0.25, -0.2) is 0 Å². The van der Waals surface area contributed by atoms with Crippen LogP contribution in [0.15, 0.2) is 35.2 Å². The molecule has 0 radical (unpaired) electrons. The molecule has 0 heterocycles. The maximum Gasteiger partial charge on any atom is 0.00946 e. The topological polar surface area (TPSA) is 0 Å². The van der Waals surface area contributed by atoms with E-state index in [1.807, 2.05) is 0 Å². The predicted molar refractivity (Wildman–Crippen MR) is 116 cm³/mol. The molecule has 0 amide bonds. The van der Waals surface area contributed by atoms with E-state index < -0.39 is 0 Å². The van der Waals surface area contributed by atoms with Gasteiger partial charge < -0.3 is 0 Å². The van der Waals surface area contributed by atoms with E-state index in [4.69, 9.17) is 0 Å². The van der Waals surface area contributed by atoms with E-state index in [2.05, 4.69) is 49.0 Å². The summed E-state index contributed by atoms with van der Waals surface area (Å²) in [5, 5.41) is 0.870. The summed E-state index contributed by atoms with van der Waals surface area (Å²) in [5.41, 5.74) is 0. The lowest BCUT2D eigenvalue weighted by atomic mass is 9.70. The molecule has 6 heteroatoms. The molecular formula is C22H39F5S. The van der Waals surface area contributed by atoms with E-state index in [9.17, 15) is 0 Å². The standard InChI is InChI=1S/C22H34S.5FH/c1-2-3-7-18-10-12-19(13-11-18)20-14-16-22(17-15-20)23-21-8-5-4-6-9-21;;;;;/h4-6,8-9,18-20,22H,2-3,7,10-17H2,1H3;5*1H. The van der Waals surface area contributed by atoms with E-state index in [0.717, 1.165) is 23.0 Å². The SMILES string of the molecule is CCCCC1CCC(C2CCC(Sc3ccccc3)CC2)CC1.F.F.F.F.F. The first-order chi connectivity index (χ1) is 11.3. The Labute approximate surface area is 171 Å². The molecule has 2 aliphatic carbocycles. The van der Waals surface area contributed by atoms with Gasteiger partial charge in [-0.3, -0.25) is 23.5 Å². The van der Waals surface area contributed by atoms with Crippen LogP contribution >= 0.6 is 11.8 Å². The first-order valence-corrected chi connectivity index (χ1v) is 10.9. The Balaban J connectivity index is -0.00000125. The van der Waals surface area contributed by atoms with Crippen molar-refractivity contribution < 1.29 is 23.5 Å². The van der Waals surface area contributed by atoms with Crippen LogP contribution in [0, 0.1) is 17.8 Å². The zero-order valence-electron chi connectivity index (χ0n) is 16.9. The van der Waals surface area contributed by atoms with Gasteiger partial charge in [0.05, 0.1) is 0 Å². The number of hydrogen-bond donors (Lipinski definition) is 0.